The molecule has 0 aliphatic carbocycles. The third-order valence-electron chi connectivity index (χ3n) is 5.41. The van der Waals surface area contributed by atoms with Crippen LogP contribution >= 0.6 is 0 Å². The van der Waals surface area contributed by atoms with Gasteiger partial charge in [0.2, 0.25) is 0 Å². The van der Waals surface area contributed by atoms with Gasteiger partial charge in [-0.05, 0) is 0 Å². The topological polar surface area (TPSA) is 43.8 Å². The number of nitrogens with two attached hydrogens (primary N) is 1. The maximum atomic E-state index is 13.9. The third-order valence-corrected chi connectivity index (χ3v) is 20.5. The Bertz CT molecular complexity index is 662. The number of unbranched alkanes of at least 4 members (excludes halogenated alkanes) is 3. The van der Waals surface area contributed by atoms with Crippen LogP contribution in [0.25, 0.3) is 5.69 Å². The molecule has 1 aromatic carbocycles. The SMILES string of the molecule is CCC[CH2][Sn]([CH2]CCC)([CH2]CCC)[c]1ccn(-c2ccc(N)c(F)c2)n1. The van der Waals surface area contributed by atoms with Crippen LogP contribution in [0.1, 0.15) is 59.3 Å². The summed E-state index contributed by atoms with van der Waals surface area (Å²) in [6, 6.07) is 7.17. The Balaban J connectivity index is 2.36. The van der Waals surface area contributed by atoms with Crippen LogP contribution in [-0.4, -0.2) is 28.2 Å². The van der Waals surface area contributed by atoms with Crippen molar-refractivity contribution in [3.05, 3.63) is 36.3 Å². The van der Waals surface area contributed by atoms with Gasteiger partial charge in [0.1, 0.15) is 0 Å². The summed E-state index contributed by atoms with van der Waals surface area (Å²) in [5.74, 6) is -0.378. The van der Waals surface area contributed by atoms with E-state index in [1.807, 2.05) is 16.9 Å². The maximum absolute atomic E-state index is 13.9. The van der Waals surface area contributed by atoms with E-state index in [1.54, 1.807) is 6.07 Å². The Morgan fingerprint density at radius 2 is 1.54 bits per heavy atom. The van der Waals surface area contributed by atoms with Crippen LogP contribution in [-0.2, 0) is 0 Å². The summed E-state index contributed by atoms with van der Waals surface area (Å²) in [4.78, 5) is 0. The number of hydrogen-bond acceptors (Lipinski definition) is 2. The molecular weight excluding hydrogens is 432 g/mol. The number of aromatic nitrogens is 2. The Kier molecular flexibility index (Phi) is 8.45. The van der Waals surface area contributed by atoms with E-state index in [0.717, 1.165) is 5.69 Å². The molecular formula is C21H34FN3Sn. The first kappa shape index (κ1) is 21.3. The molecule has 0 radical (unpaired) electrons. The van der Waals surface area contributed by atoms with E-state index in [9.17, 15) is 4.39 Å². The molecule has 0 unspecified atom stereocenters. The third kappa shape index (κ3) is 5.24. The van der Waals surface area contributed by atoms with Crippen LogP contribution in [0.5, 0.6) is 0 Å². The first-order valence-corrected chi connectivity index (χ1v) is 17.7. The summed E-state index contributed by atoms with van der Waals surface area (Å²) in [7, 11) is 0. The molecule has 0 fully saturated rings. The molecule has 0 aliphatic heterocycles. The molecule has 0 bridgehead atoms. The van der Waals surface area contributed by atoms with E-state index < -0.39 is 18.4 Å². The van der Waals surface area contributed by atoms with Crippen molar-refractivity contribution in [1.82, 2.24) is 9.78 Å². The van der Waals surface area contributed by atoms with Crippen molar-refractivity contribution in [3.8, 4) is 5.69 Å². The van der Waals surface area contributed by atoms with Gasteiger partial charge in [-0.2, -0.15) is 0 Å². The zero-order valence-corrected chi connectivity index (χ0v) is 19.5. The van der Waals surface area contributed by atoms with E-state index in [0.29, 0.717) is 0 Å². The van der Waals surface area contributed by atoms with Crippen LogP contribution in [0.15, 0.2) is 30.5 Å². The monoisotopic (exact) mass is 467 g/mol. The average Bonchev–Trinajstić information content (AvgIpc) is 3.14. The van der Waals surface area contributed by atoms with Crippen molar-refractivity contribution < 1.29 is 4.39 Å². The van der Waals surface area contributed by atoms with Crippen LogP contribution in [0.3, 0.4) is 0 Å². The van der Waals surface area contributed by atoms with Crippen molar-refractivity contribution in [2.24, 2.45) is 0 Å². The van der Waals surface area contributed by atoms with Crippen LogP contribution in [0, 0.1) is 5.82 Å². The number of nitrogen functional groups attached to an aromatic ring is 1. The average molecular weight is 466 g/mol. The standard InChI is InChI=1S/C9H7FN3.3C4H9.Sn/c10-8-6-7(2-3-9(8)11)13-5-1-4-12-13;3*1-3-4-2;/h1-3,5-6H,11H2;3*1,3-4H2,2H3;. The van der Waals surface area contributed by atoms with Crippen molar-refractivity contribution in [1.29, 1.82) is 0 Å². The van der Waals surface area contributed by atoms with Gasteiger partial charge < -0.3 is 0 Å². The predicted molar refractivity (Wildman–Crippen MR) is 112 cm³/mol. The number of hydrogen-bond donors (Lipinski definition) is 1. The Morgan fingerprint density at radius 1 is 0.962 bits per heavy atom. The summed E-state index contributed by atoms with van der Waals surface area (Å²) in [5, 5.41) is 4.99. The molecule has 144 valence electrons. The number of rotatable bonds is 11. The fourth-order valence-corrected chi connectivity index (χ4v) is 19.0. The van der Waals surface area contributed by atoms with Gasteiger partial charge in [0, 0.05) is 0 Å². The summed E-state index contributed by atoms with van der Waals surface area (Å²) in [6.45, 7) is 6.85. The fraction of sp³-hybridized carbons (Fsp3) is 0.571. The fourth-order valence-electron chi connectivity index (χ4n) is 3.71. The second-order valence-electron chi connectivity index (χ2n) is 7.44. The molecule has 1 aromatic heterocycles. The number of nitrogens with zero attached hydrogens (tertiary/aromatic N) is 2. The number of anilines is 1. The summed E-state index contributed by atoms with van der Waals surface area (Å²) >= 11 is -2.52. The van der Waals surface area contributed by atoms with E-state index in [-0.39, 0.29) is 11.5 Å². The molecule has 0 saturated carbocycles. The molecule has 0 amide bonds. The zero-order valence-electron chi connectivity index (χ0n) is 16.6. The molecule has 2 rings (SSSR count). The van der Waals surface area contributed by atoms with E-state index in [4.69, 9.17) is 10.8 Å². The van der Waals surface area contributed by atoms with Crippen LogP contribution < -0.4 is 9.44 Å². The van der Waals surface area contributed by atoms with Crippen LogP contribution in [0.2, 0.25) is 13.3 Å². The van der Waals surface area contributed by atoms with Gasteiger partial charge in [0.05, 0.1) is 0 Å². The second kappa shape index (κ2) is 10.3. The number of benzene rings is 1. The molecule has 2 N–H and O–H groups in total. The van der Waals surface area contributed by atoms with Gasteiger partial charge in [0.25, 0.3) is 0 Å². The van der Waals surface area contributed by atoms with Crippen molar-refractivity contribution in [2.75, 3.05) is 5.73 Å². The number of halogens is 1. The quantitative estimate of drug-likeness (QED) is 0.344. The molecule has 5 heteroatoms. The molecule has 0 atom stereocenters. The van der Waals surface area contributed by atoms with Crippen LogP contribution in [0.4, 0.5) is 10.1 Å². The Labute approximate surface area is 162 Å². The molecule has 3 nitrogen and oxygen atoms in total. The van der Waals surface area contributed by atoms with Gasteiger partial charge in [-0.25, -0.2) is 0 Å². The van der Waals surface area contributed by atoms with E-state index in [2.05, 4.69) is 26.8 Å². The summed E-state index contributed by atoms with van der Waals surface area (Å²) in [6.07, 6.45) is 9.70. The van der Waals surface area contributed by atoms with Gasteiger partial charge in [-0.15, -0.1) is 0 Å². The first-order chi connectivity index (χ1) is 12.6. The van der Waals surface area contributed by atoms with Crippen molar-refractivity contribution >= 4 is 27.8 Å². The van der Waals surface area contributed by atoms with Gasteiger partial charge in [-0.1, -0.05) is 0 Å². The minimum absolute atomic E-state index is 0.184. The van der Waals surface area contributed by atoms with Gasteiger partial charge in [0.15, 0.2) is 0 Å². The predicted octanol–water partition coefficient (Wildman–Crippen LogP) is 5.65. The first-order valence-electron chi connectivity index (χ1n) is 10.2. The van der Waals surface area contributed by atoms with E-state index >= 15 is 0 Å². The molecule has 26 heavy (non-hydrogen) atoms. The normalized spacial score (nSPS) is 11.8. The Morgan fingerprint density at radius 3 is 2.04 bits per heavy atom. The molecule has 2 aromatic rings. The summed E-state index contributed by atoms with van der Waals surface area (Å²) < 4.78 is 21.2. The second-order valence-corrected chi connectivity index (χ2v) is 20.5. The molecule has 0 saturated heterocycles. The molecule has 1 heterocycles. The van der Waals surface area contributed by atoms with Crippen molar-refractivity contribution in [3.63, 3.8) is 0 Å². The molecule has 0 aliphatic rings. The van der Waals surface area contributed by atoms with E-state index in [1.165, 1.54) is 61.6 Å². The zero-order chi connectivity index (χ0) is 19.0. The van der Waals surface area contributed by atoms with Gasteiger partial charge in [-0.3, -0.25) is 0 Å². The minimum atomic E-state index is -2.52. The summed E-state index contributed by atoms with van der Waals surface area (Å²) in [5.41, 5.74) is 6.55. The Hall–Kier alpha value is -1.04. The van der Waals surface area contributed by atoms with Crippen molar-refractivity contribution in [2.45, 2.75) is 72.6 Å². The molecule has 0 spiro atoms. The van der Waals surface area contributed by atoms with Gasteiger partial charge >= 0.3 is 162 Å².